The number of benzene rings is 2. The Labute approximate surface area is 141 Å². The number of carbonyl (C=O) groups excluding carboxylic acids is 1. The van der Waals surface area contributed by atoms with Crippen molar-refractivity contribution in [2.24, 2.45) is 0 Å². The van der Waals surface area contributed by atoms with Crippen LogP contribution in [-0.4, -0.2) is 37.5 Å². The summed E-state index contributed by atoms with van der Waals surface area (Å²) in [6.45, 7) is 3.42. The SMILES string of the molecule is CNC(=O)c1cccc(C2CNCCN2Cc2ccc(F)cc2)c1. The molecule has 0 spiro atoms. The van der Waals surface area contributed by atoms with E-state index < -0.39 is 0 Å². The molecule has 3 rings (SSSR count). The molecule has 0 radical (unpaired) electrons. The van der Waals surface area contributed by atoms with Gasteiger partial charge in [-0.2, -0.15) is 0 Å². The second-order valence-corrected chi connectivity index (χ2v) is 6.02. The van der Waals surface area contributed by atoms with Crippen LogP contribution in [0.4, 0.5) is 4.39 Å². The minimum atomic E-state index is -0.214. The van der Waals surface area contributed by atoms with E-state index in [0.29, 0.717) is 5.56 Å². The Morgan fingerprint density at radius 2 is 2.08 bits per heavy atom. The zero-order valence-electron chi connectivity index (χ0n) is 13.8. The number of carbonyl (C=O) groups is 1. The number of piperazine rings is 1. The second-order valence-electron chi connectivity index (χ2n) is 6.02. The van der Waals surface area contributed by atoms with Crippen LogP contribution in [0.25, 0.3) is 0 Å². The van der Waals surface area contributed by atoms with Gasteiger partial charge in [0.05, 0.1) is 0 Å². The van der Waals surface area contributed by atoms with Crippen molar-refractivity contribution in [3.8, 4) is 0 Å². The fourth-order valence-corrected chi connectivity index (χ4v) is 3.12. The summed E-state index contributed by atoms with van der Waals surface area (Å²) < 4.78 is 13.1. The van der Waals surface area contributed by atoms with Crippen LogP contribution in [0.15, 0.2) is 48.5 Å². The maximum atomic E-state index is 13.1. The van der Waals surface area contributed by atoms with Crippen LogP contribution in [0.2, 0.25) is 0 Å². The van der Waals surface area contributed by atoms with E-state index in [9.17, 15) is 9.18 Å². The summed E-state index contributed by atoms with van der Waals surface area (Å²) in [6.07, 6.45) is 0. The minimum absolute atomic E-state index is 0.0781. The molecule has 5 heteroatoms. The molecule has 1 saturated heterocycles. The first-order chi connectivity index (χ1) is 11.7. The predicted octanol–water partition coefficient (Wildman–Crippen LogP) is 2.33. The first-order valence-corrected chi connectivity index (χ1v) is 8.18. The van der Waals surface area contributed by atoms with Crippen molar-refractivity contribution in [3.63, 3.8) is 0 Å². The lowest BCUT2D eigenvalue weighted by molar-refractivity contribution is 0.0962. The van der Waals surface area contributed by atoms with E-state index in [0.717, 1.165) is 37.3 Å². The average Bonchev–Trinajstić information content (AvgIpc) is 2.63. The molecule has 1 fully saturated rings. The van der Waals surface area contributed by atoms with Gasteiger partial charge in [-0.3, -0.25) is 9.69 Å². The van der Waals surface area contributed by atoms with E-state index in [1.165, 1.54) is 12.1 Å². The number of rotatable bonds is 4. The third kappa shape index (κ3) is 3.80. The molecule has 0 bridgehead atoms. The monoisotopic (exact) mass is 327 g/mol. The van der Waals surface area contributed by atoms with Gasteiger partial charge in [0, 0.05) is 44.8 Å². The van der Waals surface area contributed by atoms with Crippen LogP contribution in [0, 0.1) is 5.82 Å². The summed E-state index contributed by atoms with van der Waals surface area (Å²) in [4.78, 5) is 14.2. The summed E-state index contributed by atoms with van der Waals surface area (Å²) in [5.74, 6) is -0.292. The fourth-order valence-electron chi connectivity index (χ4n) is 3.12. The van der Waals surface area contributed by atoms with Gasteiger partial charge in [-0.1, -0.05) is 24.3 Å². The van der Waals surface area contributed by atoms with Crippen molar-refractivity contribution in [3.05, 3.63) is 71.0 Å². The molecule has 2 N–H and O–H groups in total. The van der Waals surface area contributed by atoms with Gasteiger partial charge in [-0.25, -0.2) is 4.39 Å². The quantitative estimate of drug-likeness (QED) is 0.906. The molecule has 2 aromatic rings. The van der Waals surface area contributed by atoms with Crippen molar-refractivity contribution in [2.75, 3.05) is 26.7 Å². The smallest absolute Gasteiger partial charge is 0.251 e. The molecule has 0 aliphatic carbocycles. The summed E-state index contributed by atoms with van der Waals surface area (Å²) in [5, 5.41) is 6.08. The van der Waals surface area contributed by atoms with Gasteiger partial charge in [0.25, 0.3) is 5.91 Å². The Morgan fingerprint density at radius 3 is 2.83 bits per heavy atom. The van der Waals surface area contributed by atoms with Gasteiger partial charge >= 0.3 is 0 Å². The number of nitrogens with zero attached hydrogens (tertiary/aromatic N) is 1. The predicted molar refractivity (Wildman–Crippen MR) is 92.3 cm³/mol. The zero-order chi connectivity index (χ0) is 16.9. The van der Waals surface area contributed by atoms with E-state index in [1.54, 1.807) is 7.05 Å². The summed E-state index contributed by atoms with van der Waals surface area (Å²) >= 11 is 0. The topological polar surface area (TPSA) is 44.4 Å². The normalized spacial score (nSPS) is 18.3. The summed E-state index contributed by atoms with van der Waals surface area (Å²) in [6, 6.07) is 14.6. The largest absolute Gasteiger partial charge is 0.355 e. The van der Waals surface area contributed by atoms with Gasteiger partial charge in [0.2, 0.25) is 0 Å². The van der Waals surface area contributed by atoms with Crippen molar-refractivity contribution >= 4 is 5.91 Å². The van der Waals surface area contributed by atoms with E-state index in [1.807, 2.05) is 30.3 Å². The first kappa shape index (κ1) is 16.6. The standard InChI is InChI=1S/C19H22FN3O/c1-21-19(24)16-4-2-3-15(11-16)18-12-22-9-10-23(18)13-14-5-7-17(20)8-6-14/h2-8,11,18,22H,9-10,12-13H2,1H3,(H,21,24). The van der Waals surface area contributed by atoms with Crippen LogP contribution in [0.3, 0.4) is 0 Å². The van der Waals surface area contributed by atoms with E-state index >= 15 is 0 Å². The summed E-state index contributed by atoms with van der Waals surface area (Å²) in [5.41, 5.74) is 2.87. The lowest BCUT2D eigenvalue weighted by Gasteiger charge is -2.36. The molecule has 1 aliphatic rings. The third-order valence-corrected chi connectivity index (χ3v) is 4.41. The molecule has 126 valence electrons. The second kappa shape index (κ2) is 7.55. The molecule has 1 atom stereocenters. The molecule has 1 unspecified atom stereocenters. The molecule has 4 nitrogen and oxygen atoms in total. The highest BCUT2D eigenvalue weighted by Crippen LogP contribution is 2.25. The zero-order valence-corrected chi connectivity index (χ0v) is 13.8. The van der Waals surface area contributed by atoms with Gasteiger partial charge < -0.3 is 10.6 Å². The van der Waals surface area contributed by atoms with Crippen molar-refractivity contribution in [1.82, 2.24) is 15.5 Å². The van der Waals surface area contributed by atoms with Crippen molar-refractivity contribution < 1.29 is 9.18 Å². The highest BCUT2D eigenvalue weighted by atomic mass is 19.1. The number of halogens is 1. The van der Waals surface area contributed by atoms with Crippen LogP contribution in [0.1, 0.15) is 27.5 Å². The Bertz CT molecular complexity index is 702. The highest BCUT2D eigenvalue weighted by Gasteiger charge is 2.24. The third-order valence-electron chi connectivity index (χ3n) is 4.41. The maximum absolute atomic E-state index is 13.1. The Morgan fingerprint density at radius 1 is 1.29 bits per heavy atom. The lowest BCUT2D eigenvalue weighted by Crippen LogP contribution is -2.45. The molecule has 0 aromatic heterocycles. The molecule has 2 aromatic carbocycles. The fraction of sp³-hybridized carbons (Fsp3) is 0.316. The summed E-state index contributed by atoms with van der Waals surface area (Å²) in [7, 11) is 1.64. The number of hydrogen-bond donors (Lipinski definition) is 2. The van der Waals surface area contributed by atoms with Crippen LogP contribution in [0.5, 0.6) is 0 Å². The van der Waals surface area contributed by atoms with Gasteiger partial charge in [0.1, 0.15) is 5.82 Å². The molecule has 24 heavy (non-hydrogen) atoms. The molecule has 1 amide bonds. The minimum Gasteiger partial charge on any atom is -0.355 e. The van der Waals surface area contributed by atoms with E-state index in [2.05, 4.69) is 21.6 Å². The van der Waals surface area contributed by atoms with Crippen LogP contribution < -0.4 is 10.6 Å². The van der Waals surface area contributed by atoms with Gasteiger partial charge in [-0.05, 0) is 35.4 Å². The molecule has 1 aliphatic heterocycles. The number of nitrogens with one attached hydrogen (secondary N) is 2. The van der Waals surface area contributed by atoms with Crippen molar-refractivity contribution in [1.29, 1.82) is 0 Å². The molecular weight excluding hydrogens is 305 g/mol. The maximum Gasteiger partial charge on any atom is 0.251 e. The Balaban J connectivity index is 1.81. The number of amides is 1. The van der Waals surface area contributed by atoms with E-state index in [4.69, 9.17) is 0 Å². The van der Waals surface area contributed by atoms with Gasteiger partial charge in [-0.15, -0.1) is 0 Å². The van der Waals surface area contributed by atoms with E-state index in [-0.39, 0.29) is 17.8 Å². The number of hydrogen-bond acceptors (Lipinski definition) is 3. The molecular formula is C19H22FN3O. The Kier molecular flexibility index (Phi) is 5.23. The molecule has 0 saturated carbocycles. The Hall–Kier alpha value is -2.24. The molecule has 1 heterocycles. The van der Waals surface area contributed by atoms with Crippen molar-refractivity contribution in [2.45, 2.75) is 12.6 Å². The highest BCUT2D eigenvalue weighted by molar-refractivity contribution is 5.94. The lowest BCUT2D eigenvalue weighted by atomic mass is 10.00. The van der Waals surface area contributed by atoms with Gasteiger partial charge in [0.15, 0.2) is 0 Å². The van der Waals surface area contributed by atoms with Crippen LogP contribution >= 0.6 is 0 Å². The average molecular weight is 327 g/mol. The van der Waals surface area contributed by atoms with Crippen LogP contribution in [-0.2, 0) is 6.54 Å². The first-order valence-electron chi connectivity index (χ1n) is 8.18.